The number of unbranched alkanes of at least 4 members (excludes halogenated alkanes) is 5. The summed E-state index contributed by atoms with van der Waals surface area (Å²) in [5, 5.41) is 55.5. The summed E-state index contributed by atoms with van der Waals surface area (Å²) < 4.78 is 0. The average Bonchev–Trinajstić information content (AvgIpc) is 3.08. The summed E-state index contributed by atoms with van der Waals surface area (Å²) in [6.45, 7) is 0.859. The fraction of sp³-hybridized carbons (Fsp3) is 0.618. The van der Waals surface area contributed by atoms with Crippen LogP contribution in [0.5, 0.6) is 0 Å². The minimum Gasteiger partial charge on any atom is -0.481 e. The maximum atomic E-state index is 12.4. The molecule has 0 aliphatic heterocycles. The van der Waals surface area contributed by atoms with Crippen molar-refractivity contribution in [3.63, 3.8) is 0 Å². The van der Waals surface area contributed by atoms with Gasteiger partial charge in [0.25, 0.3) is 0 Å². The van der Waals surface area contributed by atoms with Gasteiger partial charge in [-0.1, -0.05) is 18.9 Å². The lowest BCUT2D eigenvalue weighted by molar-refractivity contribution is -0.142. The van der Waals surface area contributed by atoms with E-state index in [1.54, 1.807) is 23.2 Å². The zero-order chi connectivity index (χ0) is 39.6. The molecule has 3 atom stereocenters. The molecule has 1 aromatic rings. The molecule has 0 spiro atoms. The Morgan fingerprint density at radius 2 is 1.17 bits per heavy atom. The molecule has 0 aromatic carbocycles. The van der Waals surface area contributed by atoms with Crippen molar-refractivity contribution >= 4 is 47.7 Å². The molecule has 1 rings (SSSR count). The monoisotopic (exact) mass is 752 g/mol. The van der Waals surface area contributed by atoms with Crippen LogP contribution in [-0.4, -0.2) is 121 Å². The molecular formula is C34H52N6O13. The van der Waals surface area contributed by atoms with E-state index in [4.69, 9.17) is 10.2 Å². The zero-order valence-corrected chi connectivity index (χ0v) is 29.7. The first kappa shape index (κ1) is 45.7. The number of carbonyl (C=O) groups excluding carboxylic acids is 3. The van der Waals surface area contributed by atoms with E-state index in [0.717, 1.165) is 5.69 Å². The average molecular weight is 753 g/mol. The predicted molar refractivity (Wildman–Crippen MR) is 187 cm³/mol. The summed E-state index contributed by atoms with van der Waals surface area (Å²) in [4.78, 5) is 98.9. The van der Waals surface area contributed by atoms with Gasteiger partial charge in [0.05, 0.1) is 12.2 Å². The highest BCUT2D eigenvalue weighted by Gasteiger charge is 2.25. The van der Waals surface area contributed by atoms with E-state index in [1.807, 2.05) is 6.07 Å². The molecule has 1 aromatic heterocycles. The predicted octanol–water partition coefficient (Wildman–Crippen LogP) is 1.41. The maximum Gasteiger partial charge on any atom is 0.326 e. The van der Waals surface area contributed by atoms with E-state index < -0.39 is 60.4 Å². The summed E-state index contributed by atoms with van der Waals surface area (Å²) in [5.74, 6) is -6.77. The Labute approximate surface area is 306 Å². The van der Waals surface area contributed by atoms with Gasteiger partial charge >= 0.3 is 35.9 Å². The van der Waals surface area contributed by atoms with E-state index in [9.17, 15) is 53.7 Å². The molecule has 19 nitrogen and oxygen atoms in total. The third kappa shape index (κ3) is 23.0. The number of urea groups is 1. The van der Waals surface area contributed by atoms with Crippen molar-refractivity contribution in [3.05, 3.63) is 30.1 Å². The Kier molecular flexibility index (Phi) is 22.8. The second kappa shape index (κ2) is 26.4. The van der Waals surface area contributed by atoms with Gasteiger partial charge in [0.2, 0.25) is 11.8 Å². The highest BCUT2D eigenvalue weighted by molar-refractivity contribution is 5.86. The fourth-order valence-electron chi connectivity index (χ4n) is 5.19. The number of aromatic nitrogens is 1. The molecule has 0 radical (unpaired) electrons. The summed E-state index contributed by atoms with van der Waals surface area (Å²) in [6.07, 6.45) is 5.44. The van der Waals surface area contributed by atoms with Gasteiger partial charge in [-0.3, -0.25) is 29.1 Å². The van der Waals surface area contributed by atoms with Crippen LogP contribution >= 0.6 is 0 Å². The number of carbonyl (C=O) groups is 8. The normalized spacial score (nSPS) is 12.5. The number of amides is 4. The molecule has 53 heavy (non-hydrogen) atoms. The Bertz CT molecular complexity index is 1350. The first-order chi connectivity index (χ1) is 25.2. The van der Waals surface area contributed by atoms with Crippen molar-refractivity contribution in [2.24, 2.45) is 0 Å². The van der Waals surface area contributed by atoms with E-state index in [2.05, 4.69) is 26.3 Å². The number of hydrogen-bond acceptors (Lipinski definition) is 10. The van der Waals surface area contributed by atoms with Gasteiger partial charge in [-0.05, 0) is 76.5 Å². The van der Waals surface area contributed by atoms with Crippen molar-refractivity contribution in [1.29, 1.82) is 0 Å². The smallest absolute Gasteiger partial charge is 0.326 e. The van der Waals surface area contributed by atoms with Gasteiger partial charge in [-0.2, -0.15) is 0 Å². The molecule has 4 amide bonds. The minimum atomic E-state index is -1.50. The maximum absolute atomic E-state index is 12.4. The third-order valence-corrected chi connectivity index (χ3v) is 7.97. The molecule has 0 fully saturated rings. The Morgan fingerprint density at radius 3 is 1.72 bits per heavy atom. The molecule has 0 unspecified atom stereocenters. The molecule has 0 bridgehead atoms. The van der Waals surface area contributed by atoms with E-state index in [0.29, 0.717) is 64.5 Å². The van der Waals surface area contributed by atoms with Crippen molar-refractivity contribution in [1.82, 2.24) is 31.2 Å². The number of nitrogens with one attached hydrogen (secondary N) is 4. The van der Waals surface area contributed by atoms with Gasteiger partial charge in [0.1, 0.15) is 18.1 Å². The summed E-state index contributed by atoms with van der Waals surface area (Å²) in [7, 11) is 0. The zero-order valence-electron chi connectivity index (χ0n) is 29.7. The lowest BCUT2D eigenvalue weighted by Crippen LogP contribution is -2.51. The van der Waals surface area contributed by atoms with Gasteiger partial charge in [0.15, 0.2) is 0 Å². The molecular weight excluding hydrogens is 700 g/mol. The van der Waals surface area contributed by atoms with Crippen LogP contribution in [-0.2, 0) is 40.1 Å². The van der Waals surface area contributed by atoms with E-state index in [1.165, 1.54) is 0 Å². The van der Waals surface area contributed by atoms with Crippen LogP contribution in [0.3, 0.4) is 0 Å². The lowest BCUT2D eigenvalue weighted by Gasteiger charge is -2.20. The second-order valence-electron chi connectivity index (χ2n) is 12.5. The Balaban J connectivity index is 2.23. The van der Waals surface area contributed by atoms with Crippen LogP contribution in [0.15, 0.2) is 24.4 Å². The SMILES string of the molecule is O=C(O)CC[C@H](NC(=O)N[C@@H](CCCCNC(=O)CCCCCCC(=O)N[C@@H](CCCCN(CC(=O)O)Cc1ccccn1)C(=O)O)C(=O)O)C(=O)O. The molecule has 9 N–H and O–H groups in total. The molecule has 296 valence electrons. The number of pyridine rings is 1. The van der Waals surface area contributed by atoms with Gasteiger partial charge in [0, 0.05) is 38.5 Å². The third-order valence-electron chi connectivity index (χ3n) is 7.97. The van der Waals surface area contributed by atoms with Crippen molar-refractivity contribution < 1.29 is 63.9 Å². The van der Waals surface area contributed by atoms with Gasteiger partial charge in [-0.15, -0.1) is 0 Å². The van der Waals surface area contributed by atoms with Crippen LogP contribution in [0.4, 0.5) is 4.79 Å². The van der Waals surface area contributed by atoms with Crippen LogP contribution in [0.1, 0.15) is 95.6 Å². The number of hydrogen-bond donors (Lipinski definition) is 9. The molecule has 19 heteroatoms. The first-order valence-corrected chi connectivity index (χ1v) is 17.5. The van der Waals surface area contributed by atoms with Crippen LogP contribution in [0.25, 0.3) is 0 Å². The summed E-state index contributed by atoms with van der Waals surface area (Å²) in [6, 6.07) is 0.420. The highest BCUT2D eigenvalue weighted by Crippen LogP contribution is 2.10. The van der Waals surface area contributed by atoms with E-state index in [-0.39, 0.29) is 57.0 Å². The molecule has 0 aliphatic rings. The van der Waals surface area contributed by atoms with Crippen LogP contribution in [0.2, 0.25) is 0 Å². The van der Waals surface area contributed by atoms with Crippen LogP contribution < -0.4 is 21.3 Å². The Morgan fingerprint density at radius 1 is 0.604 bits per heavy atom. The number of carboxylic acid groups (broad SMARTS) is 5. The van der Waals surface area contributed by atoms with Gasteiger partial charge < -0.3 is 46.8 Å². The van der Waals surface area contributed by atoms with Crippen molar-refractivity contribution in [2.45, 2.75) is 115 Å². The summed E-state index contributed by atoms with van der Waals surface area (Å²) >= 11 is 0. The number of carboxylic acids is 5. The molecule has 0 saturated carbocycles. The largest absolute Gasteiger partial charge is 0.481 e. The molecule has 0 saturated heterocycles. The number of rotatable bonds is 30. The van der Waals surface area contributed by atoms with Crippen molar-refractivity contribution in [2.75, 3.05) is 19.6 Å². The standard InChI is InChI=1S/C34H52N6O13/c41-27(36-19-9-6-12-25(32(49)50)38-34(53)39-26(33(51)52)16-17-29(43)44)14-3-1-2-4-15-28(42)37-24(31(47)48)13-7-10-20-40(22-30(45)46)21-23-11-5-8-18-35-23/h5,8,11,18,24-26H,1-4,6-7,9-10,12-17,19-22H2,(H,36,41)(H,37,42)(H,43,44)(H,45,46)(H,47,48)(H,49,50)(H,51,52)(H2,38,39,53)/t24-,25-,26-/m0/s1. The highest BCUT2D eigenvalue weighted by atomic mass is 16.4. The molecule has 0 aliphatic carbocycles. The quantitative estimate of drug-likeness (QED) is 0.0502. The Hall–Kier alpha value is -5.33. The molecule has 1 heterocycles. The van der Waals surface area contributed by atoms with Crippen molar-refractivity contribution in [3.8, 4) is 0 Å². The minimum absolute atomic E-state index is 0.00685. The van der Waals surface area contributed by atoms with Gasteiger partial charge in [-0.25, -0.2) is 19.2 Å². The summed E-state index contributed by atoms with van der Waals surface area (Å²) in [5.41, 5.74) is 0.723. The van der Waals surface area contributed by atoms with Crippen LogP contribution in [0, 0.1) is 0 Å². The topological polar surface area (TPSA) is 302 Å². The van der Waals surface area contributed by atoms with E-state index >= 15 is 0 Å². The lowest BCUT2D eigenvalue weighted by atomic mass is 10.1. The number of nitrogens with zero attached hydrogens (tertiary/aromatic N) is 2. The first-order valence-electron chi connectivity index (χ1n) is 17.5. The fourth-order valence-corrected chi connectivity index (χ4v) is 5.19. The second-order valence-corrected chi connectivity index (χ2v) is 12.5. The number of aliphatic carboxylic acids is 5.